The molecule has 0 fully saturated rings. The van der Waals surface area contributed by atoms with Crippen LogP contribution in [0.4, 0.5) is 5.69 Å². The van der Waals surface area contributed by atoms with E-state index in [-0.39, 0.29) is 20.5 Å². The molecule has 0 spiro atoms. The van der Waals surface area contributed by atoms with Gasteiger partial charge in [0, 0.05) is 11.8 Å². The molecule has 0 aliphatic heterocycles. The zero-order chi connectivity index (χ0) is 12.7. The zero-order valence-electron chi connectivity index (χ0n) is 8.32. The van der Waals surface area contributed by atoms with Crippen LogP contribution in [-0.4, -0.2) is 19.6 Å². The van der Waals surface area contributed by atoms with Crippen molar-refractivity contribution in [1.82, 2.24) is 0 Å². The summed E-state index contributed by atoms with van der Waals surface area (Å²) in [6.45, 7) is 1.32. The molecular weight excluding hydrogens is 277 g/mol. The number of rotatable bonds is 2. The number of benzene rings is 1. The maximum Gasteiger partial charge on any atom is 0.293 e. The zero-order valence-corrected chi connectivity index (χ0v) is 10.7. The van der Waals surface area contributed by atoms with E-state index in [0.29, 0.717) is 0 Å². The highest BCUT2D eigenvalue weighted by Crippen LogP contribution is 2.38. The lowest BCUT2D eigenvalue weighted by atomic mass is 10.2. The van der Waals surface area contributed by atoms with Gasteiger partial charge in [0.15, 0.2) is 9.84 Å². The average molecular weight is 284 g/mol. The standard InChI is InChI=1S/C8H7Cl2NO4S/c1-4-6(16(2,14)15)3-5(9)7(10)8(4)11(12)13/h3H,1-2H3. The molecule has 0 bridgehead atoms. The van der Waals surface area contributed by atoms with Gasteiger partial charge in [0.25, 0.3) is 5.69 Å². The van der Waals surface area contributed by atoms with Crippen molar-refractivity contribution in [1.29, 1.82) is 0 Å². The first-order chi connectivity index (χ1) is 7.16. The first-order valence-corrected chi connectivity index (χ1v) is 6.64. The predicted octanol–water partition coefficient (Wildman–Crippen LogP) is 2.61. The van der Waals surface area contributed by atoms with Crippen molar-refractivity contribution < 1.29 is 13.3 Å². The second kappa shape index (κ2) is 4.20. The maximum absolute atomic E-state index is 11.4. The molecule has 8 heteroatoms. The number of nitrogens with zero attached hydrogens (tertiary/aromatic N) is 1. The van der Waals surface area contributed by atoms with Crippen LogP contribution in [0.15, 0.2) is 11.0 Å². The minimum absolute atomic E-state index is 0.0121. The van der Waals surface area contributed by atoms with Gasteiger partial charge in [-0.3, -0.25) is 10.1 Å². The molecule has 0 aromatic heterocycles. The van der Waals surface area contributed by atoms with E-state index in [2.05, 4.69) is 0 Å². The molecular formula is C8H7Cl2NO4S. The van der Waals surface area contributed by atoms with Gasteiger partial charge in [-0.15, -0.1) is 0 Å². The third kappa shape index (κ3) is 2.28. The number of sulfone groups is 1. The molecule has 0 aliphatic carbocycles. The van der Waals surface area contributed by atoms with E-state index in [0.717, 1.165) is 12.3 Å². The normalized spacial score (nSPS) is 11.5. The molecule has 1 rings (SSSR count). The van der Waals surface area contributed by atoms with Crippen molar-refractivity contribution in [2.24, 2.45) is 0 Å². The molecule has 5 nitrogen and oxygen atoms in total. The van der Waals surface area contributed by atoms with Gasteiger partial charge in [-0.05, 0) is 13.0 Å². The molecule has 0 unspecified atom stereocenters. The van der Waals surface area contributed by atoms with Crippen LogP contribution in [0, 0.1) is 17.0 Å². The Morgan fingerprint density at radius 1 is 1.38 bits per heavy atom. The van der Waals surface area contributed by atoms with Gasteiger partial charge in [0.05, 0.1) is 14.8 Å². The van der Waals surface area contributed by atoms with Crippen molar-refractivity contribution in [3.63, 3.8) is 0 Å². The molecule has 0 saturated carbocycles. The lowest BCUT2D eigenvalue weighted by molar-refractivity contribution is -0.385. The summed E-state index contributed by atoms with van der Waals surface area (Å²) in [5.41, 5.74) is -0.489. The lowest BCUT2D eigenvalue weighted by Crippen LogP contribution is -2.04. The quantitative estimate of drug-likeness (QED) is 0.617. The summed E-state index contributed by atoms with van der Waals surface area (Å²) in [7, 11) is -3.58. The van der Waals surface area contributed by atoms with Crippen LogP contribution in [-0.2, 0) is 9.84 Å². The average Bonchev–Trinajstić information content (AvgIpc) is 2.09. The molecule has 0 atom stereocenters. The second-order valence-electron chi connectivity index (χ2n) is 3.17. The van der Waals surface area contributed by atoms with Gasteiger partial charge < -0.3 is 0 Å². The highest BCUT2D eigenvalue weighted by atomic mass is 35.5. The summed E-state index contributed by atoms with van der Waals surface area (Å²) in [5.74, 6) is 0. The molecule has 0 saturated heterocycles. The van der Waals surface area contributed by atoms with Gasteiger partial charge >= 0.3 is 0 Å². The number of hydrogen-bond donors (Lipinski definition) is 0. The third-order valence-corrected chi connectivity index (χ3v) is 3.98. The highest BCUT2D eigenvalue weighted by molar-refractivity contribution is 7.90. The fraction of sp³-hybridized carbons (Fsp3) is 0.250. The molecule has 1 aromatic rings. The Hall–Kier alpha value is -0.850. The molecule has 88 valence electrons. The topological polar surface area (TPSA) is 77.3 Å². The Labute approximate surface area is 102 Å². The number of nitro groups is 1. The fourth-order valence-electron chi connectivity index (χ4n) is 1.28. The summed E-state index contributed by atoms with van der Waals surface area (Å²) < 4.78 is 22.7. The van der Waals surface area contributed by atoms with E-state index < -0.39 is 20.4 Å². The number of nitro benzene ring substituents is 1. The van der Waals surface area contributed by atoms with E-state index in [9.17, 15) is 18.5 Å². The smallest absolute Gasteiger partial charge is 0.258 e. The summed E-state index contributed by atoms with van der Waals surface area (Å²) in [6, 6.07) is 1.11. The van der Waals surface area contributed by atoms with Crippen molar-refractivity contribution in [3.05, 3.63) is 31.8 Å². The van der Waals surface area contributed by atoms with E-state index in [1.807, 2.05) is 0 Å². The SMILES string of the molecule is Cc1c(S(C)(=O)=O)cc(Cl)c(Cl)c1[N+](=O)[O-]. The van der Waals surface area contributed by atoms with Crippen molar-refractivity contribution >= 4 is 38.7 Å². The first-order valence-electron chi connectivity index (χ1n) is 3.99. The predicted molar refractivity (Wildman–Crippen MR) is 61.0 cm³/mol. The summed E-state index contributed by atoms with van der Waals surface area (Å²) in [4.78, 5) is 9.80. The van der Waals surface area contributed by atoms with Crippen LogP contribution in [0.25, 0.3) is 0 Å². The van der Waals surface area contributed by atoms with E-state index in [1.165, 1.54) is 6.92 Å². The third-order valence-electron chi connectivity index (χ3n) is 1.98. The van der Waals surface area contributed by atoms with Crippen LogP contribution in [0.2, 0.25) is 10.0 Å². The van der Waals surface area contributed by atoms with Gasteiger partial charge in [0.1, 0.15) is 5.02 Å². The largest absolute Gasteiger partial charge is 0.293 e. The molecule has 0 aliphatic rings. The Morgan fingerprint density at radius 3 is 2.25 bits per heavy atom. The fourth-order valence-corrected chi connectivity index (χ4v) is 2.80. The Morgan fingerprint density at radius 2 is 1.88 bits per heavy atom. The number of halogens is 2. The summed E-state index contributed by atoms with van der Waals surface area (Å²) in [6.07, 6.45) is 0.948. The van der Waals surface area contributed by atoms with E-state index in [1.54, 1.807) is 0 Å². The van der Waals surface area contributed by atoms with Crippen molar-refractivity contribution in [3.8, 4) is 0 Å². The summed E-state index contributed by atoms with van der Waals surface area (Å²) in [5, 5.41) is 10.3. The van der Waals surface area contributed by atoms with Gasteiger partial charge in [0.2, 0.25) is 0 Å². The van der Waals surface area contributed by atoms with Crippen LogP contribution in [0.1, 0.15) is 5.56 Å². The summed E-state index contributed by atoms with van der Waals surface area (Å²) >= 11 is 11.3. The van der Waals surface area contributed by atoms with Crippen LogP contribution < -0.4 is 0 Å². The molecule has 16 heavy (non-hydrogen) atoms. The second-order valence-corrected chi connectivity index (χ2v) is 5.94. The van der Waals surface area contributed by atoms with Crippen LogP contribution >= 0.6 is 23.2 Å². The minimum Gasteiger partial charge on any atom is -0.258 e. The molecule has 0 N–H and O–H groups in total. The first kappa shape index (κ1) is 13.2. The lowest BCUT2D eigenvalue weighted by Gasteiger charge is -2.07. The maximum atomic E-state index is 11.4. The minimum atomic E-state index is -3.58. The molecule has 0 radical (unpaired) electrons. The molecule has 0 amide bonds. The highest BCUT2D eigenvalue weighted by Gasteiger charge is 2.26. The van der Waals surface area contributed by atoms with Gasteiger partial charge in [-0.2, -0.15) is 0 Å². The van der Waals surface area contributed by atoms with Crippen molar-refractivity contribution in [2.75, 3.05) is 6.26 Å². The molecule has 0 heterocycles. The Kier molecular flexibility index (Phi) is 3.47. The van der Waals surface area contributed by atoms with Gasteiger partial charge in [-0.1, -0.05) is 23.2 Å². The Balaban J connectivity index is 3.78. The van der Waals surface area contributed by atoms with Gasteiger partial charge in [-0.25, -0.2) is 8.42 Å². The van der Waals surface area contributed by atoms with Crippen molar-refractivity contribution in [2.45, 2.75) is 11.8 Å². The van der Waals surface area contributed by atoms with Crippen LogP contribution in [0.5, 0.6) is 0 Å². The molecule has 1 aromatic carbocycles. The van der Waals surface area contributed by atoms with Crippen LogP contribution in [0.3, 0.4) is 0 Å². The Bertz CT molecular complexity index is 568. The monoisotopic (exact) mass is 283 g/mol. The number of hydrogen-bond acceptors (Lipinski definition) is 4. The van der Waals surface area contributed by atoms with E-state index >= 15 is 0 Å². The van der Waals surface area contributed by atoms with E-state index in [4.69, 9.17) is 23.2 Å².